The molecule has 1 fully saturated rings. The molecule has 0 spiro atoms. The average molecular weight is 348 g/mol. The fourth-order valence-corrected chi connectivity index (χ4v) is 2.70. The van der Waals surface area contributed by atoms with Crippen LogP contribution in [-0.2, 0) is 0 Å². The van der Waals surface area contributed by atoms with E-state index in [0.717, 1.165) is 18.6 Å². The molecule has 1 amide bonds. The first-order valence-corrected chi connectivity index (χ1v) is 8.11. The van der Waals surface area contributed by atoms with Gasteiger partial charge in [-0.1, -0.05) is 11.6 Å². The van der Waals surface area contributed by atoms with Crippen LogP contribution in [0.15, 0.2) is 36.7 Å². The van der Waals surface area contributed by atoms with Crippen LogP contribution in [0.4, 0.5) is 0 Å². The Bertz CT molecular complexity index is 683. The van der Waals surface area contributed by atoms with Gasteiger partial charge in [-0.25, -0.2) is 9.97 Å². The van der Waals surface area contributed by atoms with Crippen LogP contribution in [0, 0.1) is 0 Å². The summed E-state index contributed by atoms with van der Waals surface area (Å²) in [5.41, 5.74) is 0.663. The first kappa shape index (κ1) is 16.5. The summed E-state index contributed by atoms with van der Waals surface area (Å²) in [7, 11) is 1.60. The standard InChI is InChI=1S/C17H18ClN3O3/c1-23-14-4-2-12(3-5-14)16(22)21-8-6-15(7-9-21)24-17-19-10-13(18)11-20-17/h2-5,10-11,15H,6-9H2,1H3. The van der Waals surface area contributed by atoms with Crippen LogP contribution in [0.25, 0.3) is 0 Å². The first-order chi connectivity index (χ1) is 11.7. The summed E-state index contributed by atoms with van der Waals surface area (Å²) >= 11 is 5.75. The number of methoxy groups -OCH3 is 1. The van der Waals surface area contributed by atoms with E-state index >= 15 is 0 Å². The summed E-state index contributed by atoms with van der Waals surface area (Å²) in [5, 5.41) is 0.474. The fourth-order valence-electron chi connectivity index (χ4n) is 2.60. The molecule has 1 aromatic carbocycles. The molecule has 24 heavy (non-hydrogen) atoms. The molecule has 7 heteroatoms. The summed E-state index contributed by atoms with van der Waals surface area (Å²) < 4.78 is 10.8. The summed E-state index contributed by atoms with van der Waals surface area (Å²) in [4.78, 5) is 22.4. The third-order valence-corrected chi connectivity index (χ3v) is 4.13. The molecule has 3 rings (SSSR count). The van der Waals surface area contributed by atoms with Crippen LogP contribution in [0.5, 0.6) is 11.8 Å². The molecule has 0 unspecified atom stereocenters. The average Bonchev–Trinajstić information content (AvgIpc) is 2.64. The van der Waals surface area contributed by atoms with Crippen LogP contribution >= 0.6 is 11.6 Å². The largest absolute Gasteiger partial charge is 0.497 e. The van der Waals surface area contributed by atoms with E-state index in [1.807, 2.05) is 4.90 Å². The van der Waals surface area contributed by atoms with Crippen LogP contribution < -0.4 is 9.47 Å². The fraction of sp³-hybridized carbons (Fsp3) is 0.353. The zero-order chi connectivity index (χ0) is 16.9. The van der Waals surface area contributed by atoms with Crippen molar-refractivity contribution in [3.63, 3.8) is 0 Å². The molecule has 0 atom stereocenters. The number of hydrogen-bond donors (Lipinski definition) is 0. The van der Waals surface area contributed by atoms with E-state index in [4.69, 9.17) is 21.1 Å². The van der Waals surface area contributed by atoms with E-state index in [1.54, 1.807) is 31.4 Å². The molecular weight excluding hydrogens is 330 g/mol. The Balaban J connectivity index is 1.54. The molecule has 6 nitrogen and oxygen atoms in total. The smallest absolute Gasteiger partial charge is 0.316 e. The Labute approximate surface area is 145 Å². The second-order valence-corrected chi connectivity index (χ2v) is 5.96. The Morgan fingerprint density at radius 1 is 1.17 bits per heavy atom. The second-order valence-electron chi connectivity index (χ2n) is 5.52. The van der Waals surface area contributed by atoms with E-state index in [9.17, 15) is 4.79 Å². The number of nitrogens with zero attached hydrogens (tertiary/aromatic N) is 3. The molecule has 1 saturated heterocycles. The summed E-state index contributed by atoms with van der Waals surface area (Å²) in [6, 6.07) is 7.47. The zero-order valence-corrected chi connectivity index (χ0v) is 14.1. The third kappa shape index (κ3) is 3.94. The molecule has 0 saturated carbocycles. The van der Waals surface area contributed by atoms with Crippen molar-refractivity contribution in [1.29, 1.82) is 0 Å². The number of carbonyl (C=O) groups is 1. The van der Waals surface area contributed by atoms with E-state index in [0.29, 0.717) is 29.7 Å². The Kier molecular flexibility index (Phi) is 5.15. The van der Waals surface area contributed by atoms with Gasteiger partial charge in [0.1, 0.15) is 11.9 Å². The van der Waals surface area contributed by atoms with Crippen molar-refractivity contribution in [2.75, 3.05) is 20.2 Å². The summed E-state index contributed by atoms with van der Waals surface area (Å²) in [6.45, 7) is 1.28. The van der Waals surface area contributed by atoms with Crippen LogP contribution in [-0.4, -0.2) is 47.1 Å². The molecule has 0 N–H and O–H groups in total. The number of piperidine rings is 1. The summed E-state index contributed by atoms with van der Waals surface area (Å²) in [5.74, 6) is 0.764. The quantitative estimate of drug-likeness (QED) is 0.851. The Morgan fingerprint density at radius 3 is 2.38 bits per heavy atom. The van der Waals surface area contributed by atoms with Crippen molar-refractivity contribution in [3.8, 4) is 11.8 Å². The number of rotatable bonds is 4. The molecule has 0 bridgehead atoms. The lowest BCUT2D eigenvalue weighted by atomic mass is 10.1. The molecule has 2 aromatic rings. The van der Waals surface area contributed by atoms with Gasteiger partial charge in [0.2, 0.25) is 0 Å². The van der Waals surface area contributed by atoms with Crippen molar-refractivity contribution in [2.45, 2.75) is 18.9 Å². The highest BCUT2D eigenvalue weighted by Gasteiger charge is 2.25. The van der Waals surface area contributed by atoms with Gasteiger partial charge in [-0.2, -0.15) is 0 Å². The normalized spacial score (nSPS) is 15.2. The van der Waals surface area contributed by atoms with Crippen molar-refractivity contribution in [1.82, 2.24) is 14.9 Å². The maximum atomic E-state index is 12.5. The highest BCUT2D eigenvalue weighted by Crippen LogP contribution is 2.19. The van der Waals surface area contributed by atoms with E-state index in [-0.39, 0.29) is 12.0 Å². The maximum Gasteiger partial charge on any atom is 0.316 e. The molecule has 1 aliphatic rings. The van der Waals surface area contributed by atoms with Gasteiger partial charge in [-0.3, -0.25) is 4.79 Å². The topological polar surface area (TPSA) is 64.5 Å². The molecular formula is C17H18ClN3O3. The van der Waals surface area contributed by atoms with Gasteiger partial charge in [-0.15, -0.1) is 0 Å². The number of ether oxygens (including phenoxy) is 2. The molecule has 1 aromatic heterocycles. The molecule has 2 heterocycles. The highest BCUT2D eigenvalue weighted by molar-refractivity contribution is 6.30. The van der Waals surface area contributed by atoms with Crippen molar-refractivity contribution in [3.05, 3.63) is 47.2 Å². The number of halogens is 1. The Morgan fingerprint density at radius 2 is 1.79 bits per heavy atom. The molecule has 126 valence electrons. The van der Waals surface area contributed by atoms with Gasteiger partial charge in [0.05, 0.1) is 24.5 Å². The van der Waals surface area contributed by atoms with Gasteiger partial charge in [0.15, 0.2) is 0 Å². The lowest BCUT2D eigenvalue weighted by Gasteiger charge is -2.31. The molecule has 1 aliphatic heterocycles. The van der Waals surface area contributed by atoms with Crippen molar-refractivity contribution in [2.24, 2.45) is 0 Å². The van der Waals surface area contributed by atoms with Crippen LogP contribution in [0.1, 0.15) is 23.2 Å². The van der Waals surface area contributed by atoms with Gasteiger partial charge < -0.3 is 14.4 Å². The summed E-state index contributed by atoms with van der Waals surface area (Å²) in [6.07, 6.45) is 4.51. The predicted octanol–water partition coefficient (Wildman–Crippen LogP) is 2.82. The SMILES string of the molecule is COc1ccc(C(=O)N2CCC(Oc3ncc(Cl)cn3)CC2)cc1. The molecule has 0 aliphatic carbocycles. The van der Waals surface area contributed by atoms with Gasteiger partial charge in [0.25, 0.3) is 5.91 Å². The number of hydrogen-bond acceptors (Lipinski definition) is 5. The van der Waals surface area contributed by atoms with Crippen LogP contribution in [0.2, 0.25) is 5.02 Å². The third-order valence-electron chi connectivity index (χ3n) is 3.93. The number of benzene rings is 1. The minimum atomic E-state index is 0.00564. The van der Waals surface area contributed by atoms with Gasteiger partial charge in [-0.05, 0) is 24.3 Å². The maximum absolute atomic E-state index is 12.5. The Hall–Kier alpha value is -2.34. The highest BCUT2D eigenvalue weighted by atomic mass is 35.5. The van der Waals surface area contributed by atoms with Crippen molar-refractivity contribution < 1.29 is 14.3 Å². The lowest BCUT2D eigenvalue weighted by molar-refractivity contribution is 0.0578. The number of carbonyl (C=O) groups excluding carboxylic acids is 1. The zero-order valence-electron chi connectivity index (χ0n) is 13.3. The first-order valence-electron chi connectivity index (χ1n) is 7.73. The van der Waals surface area contributed by atoms with Gasteiger partial charge in [0, 0.05) is 31.5 Å². The molecule has 0 radical (unpaired) electrons. The minimum absolute atomic E-state index is 0.00564. The van der Waals surface area contributed by atoms with E-state index in [1.165, 1.54) is 12.4 Å². The monoisotopic (exact) mass is 347 g/mol. The van der Waals surface area contributed by atoms with E-state index in [2.05, 4.69) is 9.97 Å². The second kappa shape index (κ2) is 7.49. The number of amides is 1. The van der Waals surface area contributed by atoms with Crippen molar-refractivity contribution >= 4 is 17.5 Å². The number of likely N-dealkylation sites (tertiary alicyclic amines) is 1. The minimum Gasteiger partial charge on any atom is -0.497 e. The number of aromatic nitrogens is 2. The van der Waals surface area contributed by atoms with E-state index < -0.39 is 0 Å². The van der Waals surface area contributed by atoms with Crippen LogP contribution in [0.3, 0.4) is 0 Å². The lowest BCUT2D eigenvalue weighted by Crippen LogP contribution is -2.41. The predicted molar refractivity (Wildman–Crippen MR) is 89.6 cm³/mol. The van der Waals surface area contributed by atoms with Gasteiger partial charge >= 0.3 is 6.01 Å².